The fraction of sp³-hybridized carbons (Fsp3) is 0.133. The number of halogens is 1. The second-order valence-corrected chi connectivity index (χ2v) is 6.17. The lowest BCUT2D eigenvalue weighted by atomic mass is 10.1. The number of anilines is 1. The zero-order valence-electron chi connectivity index (χ0n) is 10.5. The van der Waals surface area contributed by atoms with Crippen LogP contribution in [0.4, 0.5) is 5.69 Å². The summed E-state index contributed by atoms with van der Waals surface area (Å²) in [6.07, 6.45) is 0. The minimum atomic E-state index is 0.768. The summed E-state index contributed by atoms with van der Waals surface area (Å²) in [5.41, 5.74) is 2.23. The summed E-state index contributed by atoms with van der Waals surface area (Å²) in [7, 11) is 0. The second-order valence-electron chi connectivity index (χ2n) is 4.38. The maximum Gasteiger partial charge on any atom is 0.112 e. The van der Waals surface area contributed by atoms with Crippen molar-refractivity contribution in [3.05, 3.63) is 57.0 Å². The zero-order chi connectivity index (χ0) is 13.2. The molecule has 0 unspecified atom stereocenters. The third-order valence-electron chi connectivity index (χ3n) is 2.97. The van der Waals surface area contributed by atoms with Crippen LogP contribution in [0.25, 0.3) is 10.8 Å². The Balaban J connectivity index is 1.91. The molecule has 0 fully saturated rings. The van der Waals surface area contributed by atoms with Gasteiger partial charge in [-0.25, -0.2) is 4.98 Å². The minimum absolute atomic E-state index is 0.768. The third-order valence-corrected chi connectivity index (χ3v) is 4.63. The fourth-order valence-corrected chi connectivity index (χ4v) is 3.26. The number of rotatable bonds is 3. The highest BCUT2D eigenvalue weighted by molar-refractivity contribution is 9.10. The van der Waals surface area contributed by atoms with Gasteiger partial charge in [-0.05, 0) is 24.4 Å². The predicted molar refractivity (Wildman–Crippen MR) is 85.8 cm³/mol. The van der Waals surface area contributed by atoms with Gasteiger partial charge >= 0.3 is 0 Å². The highest BCUT2D eigenvalue weighted by atomic mass is 79.9. The summed E-state index contributed by atoms with van der Waals surface area (Å²) in [6.45, 7) is 2.79. The predicted octanol–water partition coefficient (Wildman–Crippen LogP) is 4.98. The molecule has 0 bridgehead atoms. The van der Waals surface area contributed by atoms with Crippen LogP contribution in [0.3, 0.4) is 0 Å². The van der Waals surface area contributed by atoms with Crippen molar-refractivity contribution in [1.29, 1.82) is 0 Å². The lowest BCUT2D eigenvalue weighted by Crippen LogP contribution is -1.99. The quantitative estimate of drug-likeness (QED) is 0.731. The molecule has 1 heterocycles. The van der Waals surface area contributed by atoms with Crippen LogP contribution in [0.1, 0.15) is 10.7 Å². The Morgan fingerprint density at radius 1 is 1.16 bits per heavy atom. The molecule has 19 heavy (non-hydrogen) atoms. The Hall–Kier alpha value is -1.39. The van der Waals surface area contributed by atoms with E-state index in [2.05, 4.69) is 68.0 Å². The van der Waals surface area contributed by atoms with Crippen LogP contribution in [0.5, 0.6) is 0 Å². The van der Waals surface area contributed by atoms with E-state index in [0.29, 0.717) is 0 Å². The number of aryl methyl sites for hydroxylation is 1. The number of aromatic nitrogens is 1. The van der Waals surface area contributed by atoms with Gasteiger partial charge < -0.3 is 5.32 Å². The van der Waals surface area contributed by atoms with Crippen molar-refractivity contribution in [3.63, 3.8) is 0 Å². The Morgan fingerprint density at radius 3 is 2.68 bits per heavy atom. The molecule has 3 rings (SSSR count). The van der Waals surface area contributed by atoms with E-state index < -0.39 is 0 Å². The Bertz CT molecular complexity index is 721. The van der Waals surface area contributed by atoms with Crippen LogP contribution in [-0.2, 0) is 6.54 Å². The molecule has 0 aliphatic heterocycles. The molecule has 4 heteroatoms. The maximum absolute atomic E-state index is 4.47. The summed E-state index contributed by atoms with van der Waals surface area (Å²) in [4.78, 5) is 4.47. The number of benzene rings is 2. The van der Waals surface area contributed by atoms with Crippen molar-refractivity contribution in [3.8, 4) is 0 Å². The first-order valence-corrected chi connectivity index (χ1v) is 7.73. The van der Waals surface area contributed by atoms with Crippen LogP contribution in [0.15, 0.2) is 46.3 Å². The molecule has 0 saturated heterocycles. The standard InChI is InChI=1S/C15H13BrN2S/c1-10-9-19-15(18-10)8-17-14-7-6-13(16)11-4-2-3-5-12(11)14/h2-7,9,17H,8H2,1H3. The molecule has 2 aromatic carbocycles. The number of hydrogen-bond acceptors (Lipinski definition) is 3. The van der Waals surface area contributed by atoms with Gasteiger partial charge in [-0.3, -0.25) is 0 Å². The van der Waals surface area contributed by atoms with Crippen molar-refractivity contribution in [2.24, 2.45) is 0 Å². The van der Waals surface area contributed by atoms with E-state index in [1.54, 1.807) is 11.3 Å². The van der Waals surface area contributed by atoms with Gasteiger partial charge in [-0.2, -0.15) is 0 Å². The van der Waals surface area contributed by atoms with Gasteiger partial charge in [0.2, 0.25) is 0 Å². The Morgan fingerprint density at radius 2 is 1.95 bits per heavy atom. The summed E-state index contributed by atoms with van der Waals surface area (Å²) < 4.78 is 1.12. The van der Waals surface area contributed by atoms with E-state index in [-0.39, 0.29) is 0 Å². The summed E-state index contributed by atoms with van der Waals surface area (Å²) in [5.74, 6) is 0. The van der Waals surface area contributed by atoms with Crippen molar-refractivity contribution in [1.82, 2.24) is 4.98 Å². The molecule has 0 spiro atoms. The van der Waals surface area contributed by atoms with E-state index in [4.69, 9.17) is 0 Å². The van der Waals surface area contributed by atoms with Crippen LogP contribution in [0.2, 0.25) is 0 Å². The molecule has 0 saturated carbocycles. The van der Waals surface area contributed by atoms with Crippen LogP contribution in [-0.4, -0.2) is 4.98 Å². The fourth-order valence-electron chi connectivity index (χ4n) is 2.07. The first-order valence-electron chi connectivity index (χ1n) is 6.06. The van der Waals surface area contributed by atoms with Gasteiger partial charge in [0.15, 0.2) is 0 Å². The maximum atomic E-state index is 4.47. The SMILES string of the molecule is Cc1csc(CNc2ccc(Br)c3ccccc23)n1. The summed E-state index contributed by atoms with van der Waals surface area (Å²) >= 11 is 5.29. The third kappa shape index (κ3) is 2.65. The Labute approximate surface area is 124 Å². The topological polar surface area (TPSA) is 24.9 Å². The number of nitrogens with zero attached hydrogens (tertiary/aromatic N) is 1. The van der Waals surface area contributed by atoms with Crippen LogP contribution >= 0.6 is 27.3 Å². The normalized spacial score (nSPS) is 10.8. The molecule has 0 amide bonds. The van der Waals surface area contributed by atoms with Crippen molar-refractivity contribution >= 4 is 43.7 Å². The molecule has 3 aromatic rings. The van der Waals surface area contributed by atoms with E-state index >= 15 is 0 Å². The first kappa shape index (κ1) is 12.6. The summed E-state index contributed by atoms with van der Waals surface area (Å²) in [6, 6.07) is 12.6. The van der Waals surface area contributed by atoms with E-state index in [9.17, 15) is 0 Å². The lowest BCUT2D eigenvalue weighted by Gasteiger charge is -2.09. The molecule has 96 valence electrons. The lowest BCUT2D eigenvalue weighted by molar-refractivity contribution is 1.08. The van der Waals surface area contributed by atoms with E-state index in [0.717, 1.165) is 27.4 Å². The molecular formula is C15H13BrN2S. The molecule has 0 radical (unpaired) electrons. The molecule has 0 aliphatic carbocycles. The van der Waals surface area contributed by atoms with Crippen molar-refractivity contribution < 1.29 is 0 Å². The van der Waals surface area contributed by atoms with Gasteiger partial charge in [-0.15, -0.1) is 11.3 Å². The van der Waals surface area contributed by atoms with E-state index in [1.165, 1.54) is 10.8 Å². The number of hydrogen-bond donors (Lipinski definition) is 1. The minimum Gasteiger partial charge on any atom is -0.378 e. The van der Waals surface area contributed by atoms with Crippen LogP contribution < -0.4 is 5.32 Å². The van der Waals surface area contributed by atoms with Gasteiger partial charge in [-0.1, -0.05) is 40.2 Å². The van der Waals surface area contributed by atoms with Crippen molar-refractivity contribution in [2.45, 2.75) is 13.5 Å². The average Bonchev–Trinajstić information content (AvgIpc) is 2.84. The van der Waals surface area contributed by atoms with Gasteiger partial charge in [0, 0.05) is 26.6 Å². The van der Waals surface area contributed by atoms with Crippen LogP contribution in [0, 0.1) is 6.92 Å². The molecular weight excluding hydrogens is 320 g/mol. The van der Waals surface area contributed by atoms with E-state index in [1.807, 2.05) is 6.92 Å². The van der Waals surface area contributed by atoms with Crippen molar-refractivity contribution in [2.75, 3.05) is 5.32 Å². The van der Waals surface area contributed by atoms with Gasteiger partial charge in [0.05, 0.1) is 6.54 Å². The van der Waals surface area contributed by atoms with Gasteiger partial charge in [0.1, 0.15) is 5.01 Å². The molecule has 0 atom stereocenters. The largest absolute Gasteiger partial charge is 0.378 e. The molecule has 0 aliphatic rings. The average molecular weight is 333 g/mol. The number of nitrogens with one attached hydrogen (secondary N) is 1. The highest BCUT2D eigenvalue weighted by Gasteiger charge is 2.04. The number of fused-ring (bicyclic) bond motifs is 1. The first-order chi connectivity index (χ1) is 9.24. The second kappa shape index (κ2) is 5.31. The molecule has 1 aromatic heterocycles. The smallest absolute Gasteiger partial charge is 0.112 e. The number of thiazole rings is 1. The summed E-state index contributed by atoms with van der Waals surface area (Å²) in [5, 5.41) is 9.12. The monoisotopic (exact) mass is 332 g/mol. The zero-order valence-corrected chi connectivity index (χ0v) is 12.9. The molecule has 1 N–H and O–H groups in total. The Kier molecular flexibility index (Phi) is 3.53. The molecule has 2 nitrogen and oxygen atoms in total. The highest BCUT2D eigenvalue weighted by Crippen LogP contribution is 2.30. The van der Waals surface area contributed by atoms with Gasteiger partial charge in [0.25, 0.3) is 0 Å².